The molecule has 4 aromatic carbocycles. The number of benzene rings is 4. The summed E-state index contributed by atoms with van der Waals surface area (Å²) >= 11 is 0. The van der Waals surface area contributed by atoms with E-state index in [0.29, 0.717) is 12.8 Å². The zero-order valence-electron chi connectivity index (χ0n) is 21.2. The first kappa shape index (κ1) is 24.9. The molecule has 0 unspecified atom stereocenters. The minimum absolute atomic E-state index is 0.126. The van der Waals surface area contributed by atoms with E-state index >= 15 is 0 Å². The van der Waals surface area contributed by atoms with Crippen LogP contribution >= 0.6 is 0 Å². The van der Waals surface area contributed by atoms with Crippen LogP contribution in [0.15, 0.2) is 130 Å². The van der Waals surface area contributed by atoms with Crippen LogP contribution in [-0.2, 0) is 26.0 Å². The summed E-state index contributed by atoms with van der Waals surface area (Å²) in [4.78, 5) is 16.7. The molecule has 186 valence electrons. The number of hydrogen-bond donors (Lipinski definition) is 0. The van der Waals surface area contributed by atoms with E-state index in [9.17, 15) is 4.79 Å². The Balaban J connectivity index is 1.35. The van der Waals surface area contributed by atoms with E-state index in [1.807, 2.05) is 56.3 Å². The summed E-state index contributed by atoms with van der Waals surface area (Å²) in [6.45, 7) is 3.96. The van der Waals surface area contributed by atoms with Gasteiger partial charge >= 0.3 is 5.97 Å². The highest BCUT2D eigenvalue weighted by molar-refractivity contribution is 7.97. The lowest BCUT2D eigenvalue weighted by Crippen LogP contribution is -2.32. The van der Waals surface area contributed by atoms with Gasteiger partial charge in [0.15, 0.2) is 21.3 Å². The van der Waals surface area contributed by atoms with E-state index in [4.69, 9.17) is 9.47 Å². The molecular weight excluding hydrogens is 476 g/mol. The maximum absolute atomic E-state index is 12.9. The molecule has 4 aromatic rings. The molecule has 1 aliphatic carbocycles. The molecule has 0 N–H and O–H groups in total. The molecular formula is C33H31O3S+. The summed E-state index contributed by atoms with van der Waals surface area (Å²) in [5.74, 6) is 0.382. The average Bonchev–Trinajstić information content (AvgIpc) is 3.40. The minimum Gasteiger partial charge on any atom is -0.481 e. The molecule has 0 heterocycles. The van der Waals surface area contributed by atoms with Gasteiger partial charge in [0, 0.05) is 25.0 Å². The van der Waals surface area contributed by atoms with Gasteiger partial charge in [0.05, 0.1) is 10.9 Å². The third kappa shape index (κ3) is 5.50. The van der Waals surface area contributed by atoms with Crippen LogP contribution < -0.4 is 4.74 Å². The Kier molecular flexibility index (Phi) is 7.47. The molecule has 0 aromatic heterocycles. The van der Waals surface area contributed by atoms with Crippen LogP contribution in [0.25, 0.3) is 0 Å². The van der Waals surface area contributed by atoms with E-state index in [2.05, 4.69) is 72.8 Å². The second-order valence-corrected chi connectivity index (χ2v) is 11.3. The van der Waals surface area contributed by atoms with E-state index < -0.39 is 5.60 Å². The van der Waals surface area contributed by atoms with Gasteiger partial charge in [-0.15, -0.1) is 0 Å². The van der Waals surface area contributed by atoms with Gasteiger partial charge < -0.3 is 9.47 Å². The molecule has 0 radical (unpaired) electrons. The molecule has 37 heavy (non-hydrogen) atoms. The minimum atomic E-state index is -0.643. The van der Waals surface area contributed by atoms with Crippen LogP contribution in [0.2, 0.25) is 0 Å². The van der Waals surface area contributed by atoms with Crippen molar-refractivity contribution in [3.63, 3.8) is 0 Å². The smallest absolute Gasteiger partial charge is 0.345 e. The van der Waals surface area contributed by atoms with E-state index in [1.165, 1.54) is 14.7 Å². The number of aryl methyl sites for hydroxylation is 2. The quantitative estimate of drug-likeness (QED) is 0.140. The van der Waals surface area contributed by atoms with E-state index in [-0.39, 0.29) is 23.5 Å². The normalized spacial score (nSPS) is 14.0. The molecule has 0 bridgehead atoms. The zero-order chi connectivity index (χ0) is 25.7. The highest BCUT2D eigenvalue weighted by Crippen LogP contribution is 2.39. The zero-order valence-corrected chi connectivity index (χ0v) is 22.0. The van der Waals surface area contributed by atoms with Crippen LogP contribution in [0.4, 0.5) is 0 Å². The summed E-state index contributed by atoms with van der Waals surface area (Å²) in [6.07, 6.45) is 5.50. The number of carbonyl (C=O) groups excluding carboxylic acids is 1. The largest absolute Gasteiger partial charge is 0.481 e. The SMILES string of the molecule is Cc1cc([S+](c2ccccc2)c2ccccc2)cc(C)c1OCC(=O)OC1(c2ccccc2)CC=CC1. The molecule has 5 rings (SSSR count). The number of rotatable bonds is 8. The maximum Gasteiger partial charge on any atom is 0.345 e. The van der Waals surface area contributed by atoms with Crippen molar-refractivity contribution < 1.29 is 14.3 Å². The Bertz CT molecular complexity index is 1310. The maximum atomic E-state index is 12.9. The first-order chi connectivity index (χ1) is 18.1. The van der Waals surface area contributed by atoms with Crippen molar-refractivity contribution in [3.05, 3.63) is 132 Å². The molecule has 0 aliphatic heterocycles. The molecule has 0 saturated carbocycles. The van der Waals surface area contributed by atoms with Gasteiger partial charge in [0.1, 0.15) is 11.4 Å². The fourth-order valence-electron chi connectivity index (χ4n) is 4.91. The lowest BCUT2D eigenvalue weighted by molar-refractivity contribution is -0.162. The van der Waals surface area contributed by atoms with E-state index in [1.54, 1.807) is 0 Å². The van der Waals surface area contributed by atoms with Crippen molar-refractivity contribution in [2.24, 2.45) is 0 Å². The fourth-order valence-corrected chi connectivity index (χ4v) is 7.17. The lowest BCUT2D eigenvalue weighted by atomic mass is 9.91. The van der Waals surface area contributed by atoms with Gasteiger partial charge in [-0.05, 0) is 54.8 Å². The number of esters is 1. The van der Waals surface area contributed by atoms with Gasteiger partial charge in [0.2, 0.25) is 0 Å². The average molecular weight is 508 g/mol. The van der Waals surface area contributed by atoms with E-state index in [0.717, 1.165) is 22.4 Å². The molecule has 1 aliphatic rings. The van der Waals surface area contributed by atoms with Crippen molar-refractivity contribution in [2.45, 2.75) is 47.0 Å². The molecule has 0 spiro atoms. The van der Waals surface area contributed by atoms with Gasteiger partial charge in [-0.1, -0.05) is 78.9 Å². The Morgan fingerprint density at radius 3 is 1.73 bits per heavy atom. The van der Waals surface area contributed by atoms with Crippen molar-refractivity contribution in [1.29, 1.82) is 0 Å². The molecule has 0 atom stereocenters. The second-order valence-electron chi connectivity index (χ2n) is 9.32. The summed E-state index contributed by atoms with van der Waals surface area (Å²) in [7, 11) is -0.241. The monoisotopic (exact) mass is 507 g/mol. The predicted octanol–water partition coefficient (Wildman–Crippen LogP) is 7.57. The Morgan fingerprint density at radius 1 is 0.730 bits per heavy atom. The second kappa shape index (κ2) is 11.1. The Morgan fingerprint density at radius 2 is 1.22 bits per heavy atom. The van der Waals surface area contributed by atoms with Crippen molar-refractivity contribution >= 4 is 16.9 Å². The Labute approximate surface area is 222 Å². The predicted molar refractivity (Wildman–Crippen MR) is 149 cm³/mol. The summed E-state index contributed by atoms with van der Waals surface area (Å²) in [5.41, 5.74) is 2.38. The number of carbonyl (C=O) groups is 1. The van der Waals surface area contributed by atoms with Crippen molar-refractivity contribution in [2.75, 3.05) is 6.61 Å². The van der Waals surface area contributed by atoms with Crippen molar-refractivity contribution in [3.8, 4) is 5.75 Å². The first-order valence-corrected chi connectivity index (χ1v) is 13.8. The number of hydrogen-bond acceptors (Lipinski definition) is 3. The number of ether oxygens (including phenoxy) is 2. The molecule has 0 saturated heterocycles. The molecule has 0 fully saturated rings. The van der Waals surface area contributed by atoms with Crippen LogP contribution in [0.3, 0.4) is 0 Å². The third-order valence-electron chi connectivity index (χ3n) is 6.63. The van der Waals surface area contributed by atoms with Crippen molar-refractivity contribution in [1.82, 2.24) is 0 Å². The topological polar surface area (TPSA) is 35.5 Å². The summed E-state index contributed by atoms with van der Waals surface area (Å²) < 4.78 is 12.1. The highest BCUT2D eigenvalue weighted by Gasteiger charge is 2.37. The molecule has 0 amide bonds. The lowest BCUT2D eigenvalue weighted by Gasteiger charge is -2.29. The van der Waals surface area contributed by atoms with Gasteiger partial charge in [-0.2, -0.15) is 0 Å². The summed E-state index contributed by atoms with van der Waals surface area (Å²) in [6, 6.07) is 35.5. The Hall–Kier alpha value is -3.76. The van der Waals surface area contributed by atoms with Crippen LogP contribution in [0.1, 0.15) is 29.5 Å². The molecule has 4 heteroatoms. The van der Waals surface area contributed by atoms with Crippen LogP contribution in [0.5, 0.6) is 5.75 Å². The van der Waals surface area contributed by atoms with Gasteiger partial charge in [-0.25, -0.2) is 4.79 Å². The first-order valence-electron chi connectivity index (χ1n) is 12.6. The van der Waals surface area contributed by atoms with Crippen LogP contribution in [0, 0.1) is 13.8 Å². The van der Waals surface area contributed by atoms with Crippen LogP contribution in [-0.4, -0.2) is 12.6 Å². The standard InChI is InChI=1S/C33H31O3S/c1-25-22-30(37(28-16-8-4-9-17-28)29-18-10-5-11-19-29)23-26(2)32(25)35-24-31(34)36-33(20-12-13-21-33)27-14-6-3-7-15-27/h3-19,22-23H,20-21,24H2,1-2H3/q+1. The van der Waals surface area contributed by atoms with Gasteiger partial charge in [0.25, 0.3) is 0 Å². The van der Waals surface area contributed by atoms with Gasteiger partial charge in [-0.3, -0.25) is 0 Å². The molecule has 3 nitrogen and oxygen atoms in total. The highest BCUT2D eigenvalue weighted by atomic mass is 32.2. The fraction of sp³-hybridized carbons (Fsp3) is 0.182. The summed E-state index contributed by atoms with van der Waals surface area (Å²) in [5, 5.41) is 0. The third-order valence-corrected chi connectivity index (χ3v) is 8.83.